The molecule has 1 aliphatic heterocycles. The molecule has 0 amide bonds. The second-order valence-electron chi connectivity index (χ2n) is 3.82. The molecular formula is C10H11NO. The first-order valence-electron chi connectivity index (χ1n) is 4.52. The van der Waals surface area contributed by atoms with E-state index >= 15 is 0 Å². The molecule has 2 heteroatoms. The highest BCUT2D eigenvalue weighted by Gasteiger charge is 2.43. The number of carbonyl (C=O) groups excluding carboxylic acids is 1. The highest BCUT2D eigenvalue weighted by Crippen LogP contribution is 2.39. The molecule has 0 spiro atoms. The van der Waals surface area contributed by atoms with Gasteiger partial charge < -0.3 is 5.32 Å². The molecule has 2 nitrogen and oxygen atoms in total. The second kappa shape index (κ2) is 2.07. The Morgan fingerprint density at radius 3 is 3.17 bits per heavy atom. The third-order valence-electron chi connectivity index (χ3n) is 3.13. The van der Waals surface area contributed by atoms with Gasteiger partial charge in [-0.3, -0.25) is 4.79 Å². The Kier molecular flexibility index (Phi) is 1.14. The normalized spacial score (nSPS) is 37.8. The number of hydrogen-bond donors (Lipinski definition) is 1. The quantitative estimate of drug-likeness (QED) is 0.569. The molecule has 1 heterocycles. The van der Waals surface area contributed by atoms with Gasteiger partial charge in [-0.25, -0.2) is 0 Å². The van der Waals surface area contributed by atoms with Crippen LogP contribution in [0.15, 0.2) is 23.3 Å². The summed E-state index contributed by atoms with van der Waals surface area (Å²) in [7, 11) is 0. The summed E-state index contributed by atoms with van der Waals surface area (Å²) in [6, 6.07) is 0.414. The van der Waals surface area contributed by atoms with E-state index in [1.54, 1.807) is 0 Å². The van der Waals surface area contributed by atoms with Gasteiger partial charge in [0.25, 0.3) is 0 Å². The van der Waals surface area contributed by atoms with Gasteiger partial charge >= 0.3 is 0 Å². The maximum Gasteiger partial charge on any atom is 0.164 e. The van der Waals surface area contributed by atoms with Gasteiger partial charge in [-0.2, -0.15) is 0 Å². The van der Waals surface area contributed by atoms with Crippen LogP contribution in [-0.4, -0.2) is 18.4 Å². The molecule has 2 aliphatic carbocycles. The standard InChI is InChI=1S/C10H11NO/c12-8-3-1-2-6-4-7-5-11-10(7)9(6)8/h1-2,7,10-11H,3-5H2/t7-,10+/m1/s1. The van der Waals surface area contributed by atoms with Crippen molar-refractivity contribution < 1.29 is 4.79 Å². The van der Waals surface area contributed by atoms with Crippen LogP contribution in [0.2, 0.25) is 0 Å². The predicted molar refractivity (Wildman–Crippen MR) is 45.7 cm³/mol. The zero-order valence-corrected chi connectivity index (χ0v) is 6.84. The number of rotatable bonds is 0. The van der Waals surface area contributed by atoms with E-state index in [2.05, 4.69) is 11.4 Å². The number of allylic oxidation sites excluding steroid dienone is 3. The van der Waals surface area contributed by atoms with Crippen LogP contribution in [0.1, 0.15) is 12.8 Å². The molecule has 12 heavy (non-hydrogen) atoms. The highest BCUT2D eigenvalue weighted by atomic mass is 16.1. The van der Waals surface area contributed by atoms with Gasteiger partial charge in [0.15, 0.2) is 5.78 Å². The Labute approximate surface area is 71.3 Å². The van der Waals surface area contributed by atoms with E-state index in [1.165, 1.54) is 5.57 Å². The molecule has 2 atom stereocenters. The molecule has 3 rings (SSSR count). The van der Waals surface area contributed by atoms with E-state index < -0.39 is 0 Å². The summed E-state index contributed by atoms with van der Waals surface area (Å²) in [5.41, 5.74) is 2.39. The van der Waals surface area contributed by atoms with E-state index in [-0.39, 0.29) is 0 Å². The van der Waals surface area contributed by atoms with Crippen LogP contribution in [0.5, 0.6) is 0 Å². The fourth-order valence-electron chi connectivity index (χ4n) is 2.45. The Bertz CT molecular complexity index is 314. The van der Waals surface area contributed by atoms with E-state index in [0.29, 0.717) is 18.2 Å². The number of nitrogens with one attached hydrogen (secondary N) is 1. The molecule has 1 saturated heterocycles. The van der Waals surface area contributed by atoms with Crippen molar-refractivity contribution in [3.8, 4) is 0 Å². The van der Waals surface area contributed by atoms with E-state index in [4.69, 9.17) is 0 Å². The van der Waals surface area contributed by atoms with Crippen LogP contribution in [-0.2, 0) is 4.79 Å². The summed E-state index contributed by atoms with van der Waals surface area (Å²) in [6.07, 6.45) is 5.86. The van der Waals surface area contributed by atoms with Gasteiger partial charge in [0.2, 0.25) is 0 Å². The second-order valence-corrected chi connectivity index (χ2v) is 3.82. The molecule has 0 aromatic carbocycles. The summed E-state index contributed by atoms with van der Waals surface area (Å²) in [6.45, 7) is 1.10. The van der Waals surface area contributed by atoms with Crippen LogP contribution in [0.25, 0.3) is 0 Å². The molecule has 0 saturated carbocycles. The topological polar surface area (TPSA) is 29.1 Å². The van der Waals surface area contributed by atoms with Crippen molar-refractivity contribution >= 4 is 5.78 Å². The highest BCUT2D eigenvalue weighted by molar-refractivity contribution is 6.00. The lowest BCUT2D eigenvalue weighted by molar-refractivity contribution is -0.115. The lowest BCUT2D eigenvalue weighted by atomic mass is 9.89. The van der Waals surface area contributed by atoms with Crippen LogP contribution in [0.4, 0.5) is 0 Å². The minimum atomic E-state index is 0.340. The van der Waals surface area contributed by atoms with Gasteiger partial charge in [-0.15, -0.1) is 0 Å². The van der Waals surface area contributed by atoms with Crippen molar-refractivity contribution in [2.24, 2.45) is 5.92 Å². The zero-order valence-electron chi connectivity index (χ0n) is 6.84. The van der Waals surface area contributed by atoms with Crippen molar-refractivity contribution in [3.05, 3.63) is 23.3 Å². The minimum Gasteiger partial charge on any atom is -0.309 e. The van der Waals surface area contributed by atoms with E-state index in [9.17, 15) is 4.79 Å². The third kappa shape index (κ3) is 0.661. The first-order chi connectivity index (χ1) is 5.86. The van der Waals surface area contributed by atoms with Gasteiger partial charge in [0, 0.05) is 24.6 Å². The lowest BCUT2D eigenvalue weighted by Crippen LogP contribution is -2.52. The number of ketones is 1. The molecule has 62 valence electrons. The maximum atomic E-state index is 11.5. The number of hydrogen-bond acceptors (Lipinski definition) is 2. The Hall–Kier alpha value is -0.890. The number of carbonyl (C=O) groups is 1. The van der Waals surface area contributed by atoms with Crippen molar-refractivity contribution in [1.29, 1.82) is 0 Å². The van der Waals surface area contributed by atoms with Gasteiger partial charge in [0.05, 0.1) is 0 Å². The molecule has 0 bridgehead atoms. The molecule has 3 aliphatic rings. The fourth-order valence-corrected chi connectivity index (χ4v) is 2.45. The summed E-state index contributed by atoms with van der Waals surface area (Å²) >= 11 is 0. The Balaban J connectivity index is 2.05. The summed E-state index contributed by atoms with van der Waals surface area (Å²) in [5.74, 6) is 1.06. The number of fused-ring (bicyclic) bond motifs is 2. The fraction of sp³-hybridized carbons (Fsp3) is 0.500. The van der Waals surface area contributed by atoms with Crippen LogP contribution in [0, 0.1) is 5.92 Å². The molecule has 1 N–H and O–H groups in total. The summed E-state index contributed by atoms with van der Waals surface area (Å²) in [5, 5.41) is 3.32. The van der Waals surface area contributed by atoms with Gasteiger partial charge in [0.1, 0.15) is 0 Å². The van der Waals surface area contributed by atoms with E-state index in [1.807, 2.05) is 6.08 Å². The first kappa shape index (κ1) is 6.61. The Morgan fingerprint density at radius 1 is 1.50 bits per heavy atom. The van der Waals surface area contributed by atoms with Crippen LogP contribution >= 0.6 is 0 Å². The number of Topliss-reactive ketones (excluding diaryl/α,β-unsaturated/α-hetero) is 1. The van der Waals surface area contributed by atoms with Gasteiger partial charge in [-0.1, -0.05) is 12.2 Å². The van der Waals surface area contributed by atoms with Crippen molar-refractivity contribution in [3.63, 3.8) is 0 Å². The lowest BCUT2D eigenvalue weighted by Gasteiger charge is -2.33. The maximum absolute atomic E-state index is 11.5. The van der Waals surface area contributed by atoms with Crippen molar-refractivity contribution in [2.75, 3.05) is 6.54 Å². The molecule has 0 radical (unpaired) electrons. The Morgan fingerprint density at radius 2 is 2.42 bits per heavy atom. The molecule has 0 aromatic rings. The summed E-state index contributed by atoms with van der Waals surface area (Å²) < 4.78 is 0. The predicted octanol–water partition coefficient (Wildman–Crippen LogP) is 0.804. The van der Waals surface area contributed by atoms with Crippen LogP contribution in [0.3, 0.4) is 0 Å². The van der Waals surface area contributed by atoms with E-state index in [0.717, 1.165) is 24.5 Å². The molecule has 0 aromatic heterocycles. The summed E-state index contributed by atoms with van der Waals surface area (Å²) in [4.78, 5) is 11.5. The van der Waals surface area contributed by atoms with Crippen molar-refractivity contribution in [1.82, 2.24) is 5.32 Å². The zero-order chi connectivity index (χ0) is 8.13. The smallest absolute Gasteiger partial charge is 0.164 e. The monoisotopic (exact) mass is 161 g/mol. The van der Waals surface area contributed by atoms with Crippen molar-refractivity contribution in [2.45, 2.75) is 18.9 Å². The average Bonchev–Trinajstić information content (AvgIpc) is 2.26. The van der Waals surface area contributed by atoms with Gasteiger partial charge in [-0.05, 0) is 17.9 Å². The minimum absolute atomic E-state index is 0.340. The van der Waals surface area contributed by atoms with Crippen LogP contribution < -0.4 is 5.32 Å². The first-order valence-corrected chi connectivity index (χ1v) is 4.52. The SMILES string of the molecule is O=C1CC=CC2=C1[C@H]1NC[C@H]1C2. The average molecular weight is 161 g/mol. The third-order valence-corrected chi connectivity index (χ3v) is 3.13. The molecule has 1 fully saturated rings. The largest absolute Gasteiger partial charge is 0.309 e. The molecular weight excluding hydrogens is 150 g/mol. The molecule has 0 unspecified atom stereocenters.